The van der Waals surface area contributed by atoms with Gasteiger partial charge in [0.15, 0.2) is 0 Å². The molecule has 1 amide bonds. The number of rotatable bonds is 4. The van der Waals surface area contributed by atoms with Gasteiger partial charge in [0, 0.05) is 10.6 Å². The largest absolute Gasteiger partial charge is 0.324 e. The number of anilines is 1. The first-order valence-corrected chi connectivity index (χ1v) is 7.05. The lowest BCUT2D eigenvalue weighted by atomic mass is 10.2. The second-order valence-corrected chi connectivity index (χ2v) is 5.27. The molecule has 3 aromatic rings. The van der Waals surface area contributed by atoms with E-state index in [1.54, 1.807) is 12.1 Å². The van der Waals surface area contributed by atoms with Gasteiger partial charge in [-0.3, -0.25) is 4.79 Å². The number of amides is 1. The topological polar surface area (TPSA) is 98.7 Å². The summed E-state index contributed by atoms with van der Waals surface area (Å²) in [6.07, 6.45) is 1.48. The van der Waals surface area contributed by atoms with Crippen molar-refractivity contribution in [1.29, 1.82) is 0 Å². The molecule has 0 saturated carbocycles. The number of nitrogens with zero attached hydrogens (tertiary/aromatic N) is 4. The lowest BCUT2D eigenvalue weighted by Gasteiger charge is -2.11. The van der Waals surface area contributed by atoms with E-state index >= 15 is 0 Å². The molecule has 1 aromatic carbocycles. The molecule has 3 rings (SSSR count). The maximum atomic E-state index is 12.1. The van der Waals surface area contributed by atoms with Gasteiger partial charge in [0.1, 0.15) is 12.4 Å². The highest BCUT2D eigenvalue weighted by atomic mass is 32.1. The fraction of sp³-hybridized carbons (Fsp3) is 0.0769. The van der Waals surface area contributed by atoms with Gasteiger partial charge < -0.3 is 11.1 Å². The number of hydrogen-bond acceptors (Lipinski definition) is 6. The lowest BCUT2D eigenvalue weighted by molar-refractivity contribution is -0.117. The number of benzene rings is 1. The summed E-state index contributed by atoms with van der Waals surface area (Å²) in [6.45, 7) is 0. The van der Waals surface area contributed by atoms with Crippen LogP contribution in [0.25, 0.3) is 5.69 Å². The Labute approximate surface area is 124 Å². The van der Waals surface area contributed by atoms with Gasteiger partial charge in [-0.05, 0) is 40.1 Å². The van der Waals surface area contributed by atoms with Crippen LogP contribution in [0.3, 0.4) is 0 Å². The average Bonchev–Trinajstić information content (AvgIpc) is 3.20. The molecule has 0 radical (unpaired) electrons. The average molecular weight is 300 g/mol. The van der Waals surface area contributed by atoms with Crippen LogP contribution in [0, 0.1) is 0 Å². The molecule has 0 aliphatic rings. The van der Waals surface area contributed by atoms with Crippen molar-refractivity contribution < 1.29 is 4.79 Å². The summed E-state index contributed by atoms with van der Waals surface area (Å²) in [5.41, 5.74) is 7.32. The molecule has 1 atom stereocenters. The Morgan fingerprint density at radius 2 is 2.24 bits per heavy atom. The van der Waals surface area contributed by atoms with Crippen LogP contribution in [-0.4, -0.2) is 26.1 Å². The number of carbonyl (C=O) groups is 1. The second-order valence-electron chi connectivity index (χ2n) is 4.29. The van der Waals surface area contributed by atoms with Gasteiger partial charge in [0.05, 0.1) is 5.69 Å². The van der Waals surface area contributed by atoms with Crippen molar-refractivity contribution in [2.75, 3.05) is 5.32 Å². The molecule has 8 heteroatoms. The van der Waals surface area contributed by atoms with E-state index in [0.717, 1.165) is 10.6 Å². The van der Waals surface area contributed by atoms with E-state index in [4.69, 9.17) is 5.73 Å². The van der Waals surface area contributed by atoms with Crippen LogP contribution in [0.4, 0.5) is 5.69 Å². The number of aromatic nitrogens is 4. The van der Waals surface area contributed by atoms with E-state index in [2.05, 4.69) is 20.8 Å². The van der Waals surface area contributed by atoms with Crippen LogP contribution in [-0.2, 0) is 4.79 Å². The number of thiophene rings is 1. The van der Waals surface area contributed by atoms with Crippen molar-refractivity contribution in [3.8, 4) is 5.69 Å². The summed E-state index contributed by atoms with van der Waals surface area (Å²) in [4.78, 5) is 13.0. The number of hydrogen-bond donors (Lipinski definition) is 2. The standard InChI is InChI=1S/C13H12N6OS/c14-12(11-5-2-6-21-11)13(20)16-9-3-1-4-10(7-9)19-8-15-17-18-19/h1-8,12H,14H2,(H,16,20). The summed E-state index contributed by atoms with van der Waals surface area (Å²) in [7, 11) is 0. The maximum Gasteiger partial charge on any atom is 0.246 e. The Morgan fingerprint density at radius 1 is 1.33 bits per heavy atom. The van der Waals surface area contributed by atoms with Gasteiger partial charge in [-0.1, -0.05) is 12.1 Å². The van der Waals surface area contributed by atoms with Crippen molar-refractivity contribution in [2.45, 2.75) is 6.04 Å². The van der Waals surface area contributed by atoms with Crippen LogP contribution in [0.1, 0.15) is 10.9 Å². The number of nitrogens with one attached hydrogen (secondary N) is 1. The SMILES string of the molecule is NC(C(=O)Nc1cccc(-n2cnnn2)c1)c1cccs1. The Morgan fingerprint density at radius 3 is 2.95 bits per heavy atom. The Balaban J connectivity index is 1.76. The summed E-state index contributed by atoms with van der Waals surface area (Å²) in [5.74, 6) is -0.258. The van der Waals surface area contributed by atoms with Crippen molar-refractivity contribution in [2.24, 2.45) is 5.73 Å². The van der Waals surface area contributed by atoms with Gasteiger partial charge >= 0.3 is 0 Å². The van der Waals surface area contributed by atoms with Crippen LogP contribution >= 0.6 is 11.3 Å². The fourth-order valence-electron chi connectivity index (χ4n) is 1.82. The van der Waals surface area contributed by atoms with Crippen LogP contribution in [0.15, 0.2) is 48.1 Å². The summed E-state index contributed by atoms with van der Waals surface area (Å²) in [6, 6.07) is 10.2. The molecule has 0 bridgehead atoms. The highest BCUT2D eigenvalue weighted by Gasteiger charge is 2.16. The van der Waals surface area contributed by atoms with E-state index in [0.29, 0.717) is 5.69 Å². The quantitative estimate of drug-likeness (QED) is 0.758. The summed E-state index contributed by atoms with van der Waals surface area (Å²) < 4.78 is 1.51. The molecule has 2 heterocycles. The van der Waals surface area contributed by atoms with Crippen molar-refractivity contribution in [3.63, 3.8) is 0 Å². The number of nitrogens with two attached hydrogens (primary N) is 1. The third-order valence-corrected chi connectivity index (χ3v) is 3.81. The van der Waals surface area contributed by atoms with Crippen molar-refractivity contribution >= 4 is 22.9 Å². The van der Waals surface area contributed by atoms with Gasteiger partial charge in [-0.25, -0.2) is 4.68 Å². The minimum absolute atomic E-state index is 0.258. The molecule has 0 aliphatic carbocycles. The van der Waals surface area contributed by atoms with Crippen LogP contribution in [0.5, 0.6) is 0 Å². The highest BCUT2D eigenvalue weighted by molar-refractivity contribution is 7.10. The third-order valence-electron chi connectivity index (χ3n) is 2.86. The van der Waals surface area contributed by atoms with E-state index in [1.165, 1.54) is 22.3 Å². The third kappa shape index (κ3) is 2.96. The maximum absolute atomic E-state index is 12.1. The molecule has 0 saturated heterocycles. The summed E-state index contributed by atoms with van der Waals surface area (Å²) in [5, 5.41) is 15.6. The predicted molar refractivity (Wildman–Crippen MR) is 79.0 cm³/mol. The van der Waals surface area contributed by atoms with Gasteiger partial charge in [0.2, 0.25) is 5.91 Å². The molecule has 21 heavy (non-hydrogen) atoms. The zero-order valence-electron chi connectivity index (χ0n) is 10.9. The Hall–Kier alpha value is -2.58. The minimum atomic E-state index is -0.679. The fourth-order valence-corrected chi connectivity index (χ4v) is 2.55. The Kier molecular flexibility index (Phi) is 3.71. The molecule has 106 valence electrons. The smallest absolute Gasteiger partial charge is 0.246 e. The molecule has 0 aliphatic heterocycles. The van der Waals surface area contributed by atoms with Crippen molar-refractivity contribution in [3.05, 3.63) is 53.0 Å². The Bertz CT molecular complexity index is 725. The van der Waals surface area contributed by atoms with E-state index in [9.17, 15) is 4.79 Å². The lowest BCUT2D eigenvalue weighted by Crippen LogP contribution is -2.27. The first-order chi connectivity index (χ1) is 10.2. The van der Waals surface area contributed by atoms with Gasteiger partial charge in [-0.2, -0.15) is 0 Å². The van der Waals surface area contributed by atoms with E-state index in [1.807, 2.05) is 29.6 Å². The molecule has 1 unspecified atom stereocenters. The summed E-state index contributed by atoms with van der Waals surface area (Å²) >= 11 is 1.45. The molecule has 7 nitrogen and oxygen atoms in total. The number of carbonyl (C=O) groups excluding carboxylic acids is 1. The normalized spacial score (nSPS) is 12.0. The first kappa shape index (κ1) is 13.4. The molecule has 0 fully saturated rings. The van der Waals surface area contributed by atoms with Gasteiger partial charge in [0.25, 0.3) is 0 Å². The first-order valence-electron chi connectivity index (χ1n) is 6.17. The molecular weight excluding hydrogens is 288 g/mol. The molecular formula is C13H12N6OS. The van der Waals surface area contributed by atoms with Gasteiger partial charge in [-0.15, -0.1) is 16.4 Å². The highest BCUT2D eigenvalue weighted by Crippen LogP contribution is 2.19. The molecule has 0 spiro atoms. The van der Waals surface area contributed by atoms with E-state index in [-0.39, 0.29) is 5.91 Å². The predicted octanol–water partition coefficient (Wildman–Crippen LogP) is 1.36. The molecule has 2 aromatic heterocycles. The number of tetrazole rings is 1. The van der Waals surface area contributed by atoms with Crippen LogP contribution < -0.4 is 11.1 Å². The van der Waals surface area contributed by atoms with Crippen LogP contribution in [0.2, 0.25) is 0 Å². The second kappa shape index (κ2) is 5.81. The monoisotopic (exact) mass is 300 g/mol. The molecule has 3 N–H and O–H groups in total. The van der Waals surface area contributed by atoms with Crippen molar-refractivity contribution in [1.82, 2.24) is 20.2 Å². The zero-order chi connectivity index (χ0) is 14.7. The zero-order valence-corrected chi connectivity index (χ0v) is 11.7. The van der Waals surface area contributed by atoms with E-state index < -0.39 is 6.04 Å². The minimum Gasteiger partial charge on any atom is -0.324 e.